The Bertz CT molecular complexity index is 1510. The van der Waals surface area contributed by atoms with Crippen LogP contribution in [0.4, 0.5) is 5.82 Å². The summed E-state index contributed by atoms with van der Waals surface area (Å²) in [5, 5.41) is 9.02. The third-order valence-electron chi connectivity index (χ3n) is 8.33. The smallest absolute Gasteiger partial charge is 0.253 e. The number of benzene rings is 2. The number of nitriles is 1. The van der Waals surface area contributed by atoms with Crippen molar-refractivity contribution in [3.63, 3.8) is 0 Å². The SMILES string of the molecule is CCC1CN(c2ncc(-c3nc4ccccc4[nH]3)nc2C)CCN1C1CCN(C(=O)c2ccc(C#N)cc2)CC1. The zero-order valence-electron chi connectivity index (χ0n) is 23.0. The van der Waals surface area contributed by atoms with Crippen LogP contribution in [0.2, 0.25) is 0 Å². The zero-order valence-corrected chi connectivity index (χ0v) is 23.0. The molecule has 9 nitrogen and oxygen atoms in total. The predicted octanol–water partition coefficient (Wildman–Crippen LogP) is 4.41. The quantitative estimate of drug-likeness (QED) is 0.404. The molecule has 2 fully saturated rings. The molecule has 4 heterocycles. The van der Waals surface area contributed by atoms with Gasteiger partial charge in [0.05, 0.1) is 34.6 Å². The van der Waals surface area contributed by atoms with Crippen molar-refractivity contribution in [2.45, 2.75) is 45.2 Å². The van der Waals surface area contributed by atoms with Gasteiger partial charge >= 0.3 is 0 Å². The predicted molar refractivity (Wildman–Crippen MR) is 155 cm³/mol. The summed E-state index contributed by atoms with van der Waals surface area (Å²) in [5.41, 5.74) is 4.81. The normalized spacial score (nSPS) is 18.7. The Hall–Kier alpha value is -4.29. The van der Waals surface area contributed by atoms with Crippen molar-refractivity contribution in [3.8, 4) is 17.6 Å². The molecule has 4 aromatic rings. The fourth-order valence-electron chi connectivity index (χ4n) is 6.15. The summed E-state index contributed by atoms with van der Waals surface area (Å²) >= 11 is 0. The molecular formula is C31H34N8O. The van der Waals surface area contributed by atoms with Gasteiger partial charge in [-0.2, -0.15) is 5.26 Å². The molecule has 0 bridgehead atoms. The van der Waals surface area contributed by atoms with Crippen LogP contribution in [-0.4, -0.2) is 80.5 Å². The number of carbonyl (C=O) groups excluding carboxylic acids is 1. The van der Waals surface area contributed by atoms with Crippen LogP contribution in [0.3, 0.4) is 0 Å². The number of piperazine rings is 1. The van der Waals surface area contributed by atoms with Gasteiger partial charge in [0, 0.05) is 50.4 Å². The molecule has 2 saturated heterocycles. The second-order valence-corrected chi connectivity index (χ2v) is 10.7. The van der Waals surface area contributed by atoms with E-state index in [0.717, 1.165) is 86.0 Å². The van der Waals surface area contributed by atoms with E-state index in [1.54, 1.807) is 24.3 Å². The number of aromatic amines is 1. The van der Waals surface area contributed by atoms with Crippen molar-refractivity contribution in [1.82, 2.24) is 29.7 Å². The number of amides is 1. The number of aromatic nitrogens is 4. The Balaban J connectivity index is 1.09. The first-order valence-electron chi connectivity index (χ1n) is 14.1. The van der Waals surface area contributed by atoms with Crippen LogP contribution in [0.25, 0.3) is 22.6 Å². The Morgan fingerprint density at radius 3 is 2.52 bits per heavy atom. The monoisotopic (exact) mass is 534 g/mol. The van der Waals surface area contributed by atoms with E-state index in [1.165, 1.54) is 0 Å². The minimum absolute atomic E-state index is 0.0555. The number of hydrogen-bond donors (Lipinski definition) is 1. The summed E-state index contributed by atoms with van der Waals surface area (Å²) in [7, 11) is 0. The number of nitrogens with one attached hydrogen (secondary N) is 1. The Kier molecular flexibility index (Phi) is 7.18. The number of fused-ring (bicyclic) bond motifs is 1. The molecule has 0 radical (unpaired) electrons. The first-order valence-corrected chi connectivity index (χ1v) is 14.1. The average Bonchev–Trinajstić information content (AvgIpc) is 3.45. The zero-order chi connectivity index (χ0) is 27.6. The molecule has 0 saturated carbocycles. The Morgan fingerprint density at radius 2 is 1.82 bits per heavy atom. The number of piperidine rings is 1. The summed E-state index contributed by atoms with van der Waals surface area (Å²) in [4.78, 5) is 37.7. The first kappa shape index (κ1) is 26.0. The number of imidazole rings is 1. The number of likely N-dealkylation sites (tertiary alicyclic amines) is 1. The summed E-state index contributed by atoms with van der Waals surface area (Å²) in [6, 6.07) is 17.9. The molecule has 2 aliphatic rings. The molecule has 1 amide bonds. The fourth-order valence-corrected chi connectivity index (χ4v) is 6.15. The molecule has 2 aliphatic heterocycles. The minimum Gasteiger partial charge on any atom is -0.352 e. The van der Waals surface area contributed by atoms with Crippen LogP contribution < -0.4 is 4.90 Å². The first-order chi connectivity index (χ1) is 19.5. The van der Waals surface area contributed by atoms with Crippen molar-refractivity contribution in [2.75, 3.05) is 37.6 Å². The molecule has 204 valence electrons. The molecule has 1 atom stereocenters. The maximum atomic E-state index is 13.0. The standard InChI is InChI=1S/C31H34N8O/c1-3-24-20-38(30-21(2)34-28(19-33-30)29-35-26-6-4-5-7-27(26)36-29)16-17-39(24)25-12-14-37(15-13-25)31(40)23-10-8-22(18-32)9-11-23/h4-11,19,24-25H,3,12-17,20H2,1-2H3,(H,35,36). The lowest BCUT2D eigenvalue weighted by atomic mass is 9.97. The van der Waals surface area contributed by atoms with Gasteiger partial charge in [-0.3, -0.25) is 9.69 Å². The van der Waals surface area contributed by atoms with Crippen LogP contribution in [0.1, 0.15) is 47.8 Å². The van der Waals surface area contributed by atoms with Gasteiger partial charge in [0.2, 0.25) is 0 Å². The Labute approximate surface area is 234 Å². The van der Waals surface area contributed by atoms with E-state index in [1.807, 2.05) is 42.3 Å². The van der Waals surface area contributed by atoms with Crippen LogP contribution >= 0.6 is 0 Å². The number of rotatable bonds is 5. The lowest BCUT2D eigenvalue weighted by Gasteiger charge is -2.47. The summed E-state index contributed by atoms with van der Waals surface area (Å²) in [6.45, 7) is 8.60. The van der Waals surface area contributed by atoms with Crippen LogP contribution in [-0.2, 0) is 0 Å². The van der Waals surface area contributed by atoms with E-state index >= 15 is 0 Å². The minimum atomic E-state index is 0.0555. The van der Waals surface area contributed by atoms with E-state index in [-0.39, 0.29) is 5.91 Å². The highest BCUT2D eigenvalue weighted by atomic mass is 16.2. The van der Waals surface area contributed by atoms with Crippen LogP contribution in [0, 0.1) is 18.3 Å². The van der Waals surface area contributed by atoms with Crippen molar-refractivity contribution >= 4 is 22.8 Å². The van der Waals surface area contributed by atoms with Crippen LogP contribution in [0.5, 0.6) is 0 Å². The third-order valence-corrected chi connectivity index (χ3v) is 8.33. The molecule has 1 unspecified atom stereocenters. The van der Waals surface area contributed by atoms with E-state index in [9.17, 15) is 4.79 Å². The number of nitrogens with zero attached hydrogens (tertiary/aromatic N) is 7. The van der Waals surface area contributed by atoms with Gasteiger partial charge in [0.15, 0.2) is 5.82 Å². The molecule has 1 N–H and O–H groups in total. The number of H-pyrrole nitrogens is 1. The van der Waals surface area contributed by atoms with Crippen LogP contribution in [0.15, 0.2) is 54.7 Å². The summed E-state index contributed by atoms with van der Waals surface area (Å²) < 4.78 is 0. The second kappa shape index (κ2) is 11.1. The van der Waals surface area contributed by atoms with E-state index in [4.69, 9.17) is 15.2 Å². The Morgan fingerprint density at radius 1 is 1.05 bits per heavy atom. The van der Waals surface area contributed by atoms with Gasteiger partial charge < -0.3 is 14.8 Å². The van der Waals surface area contributed by atoms with E-state index < -0.39 is 0 Å². The molecule has 2 aromatic heterocycles. The molecule has 0 spiro atoms. The third kappa shape index (κ3) is 5.03. The van der Waals surface area contributed by atoms with Gasteiger partial charge in [-0.05, 0) is 62.6 Å². The topological polar surface area (TPSA) is 105 Å². The van der Waals surface area contributed by atoms with Gasteiger partial charge in [-0.25, -0.2) is 15.0 Å². The van der Waals surface area contributed by atoms with Gasteiger partial charge in [0.1, 0.15) is 11.5 Å². The van der Waals surface area contributed by atoms with Gasteiger partial charge in [-0.1, -0.05) is 19.1 Å². The number of carbonyl (C=O) groups is 1. The summed E-state index contributed by atoms with van der Waals surface area (Å²) in [5.74, 6) is 1.74. The van der Waals surface area contributed by atoms with E-state index in [0.29, 0.717) is 23.2 Å². The van der Waals surface area contributed by atoms with Crippen molar-refractivity contribution in [2.24, 2.45) is 0 Å². The second-order valence-electron chi connectivity index (χ2n) is 10.7. The largest absolute Gasteiger partial charge is 0.352 e. The van der Waals surface area contributed by atoms with Crippen molar-refractivity contribution in [3.05, 3.63) is 71.5 Å². The molecular weight excluding hydrogens is 500 g/mol. The van der Waals surface area contributed by atoms with Crippen molar-refractivity contribution < 1.29 is 4.79 Å². The number of aryl methyl sites for hydroxylation is 1. The maximum Gasteiger partial charge on any atom is 0.253 e. The average molecular weight is 535 g/mol. The molecule has 2 aromatic carbocycles. The highest BCUT2D eigenvalue weighted by Gasteiger charge is 2.35. The molecule has 0 aliphatic carbocycles. The van der Waals surface area contributed by atoms with Crippen molar-refractivity contribution in [1.29, 1.82) is 5.26 Å². The number of hydrogen-bond acceptors (Lipinski definition) is 7. The molecule has 40 heavy (non-hydrogen) atoms. The lowest BCUT2D eigenvalue weighted by Crippen LogP contribution is -2.58. The number of para-hydroxylation sites is 2. The van der Waals surface area contributed by atoms with Gasteiger partial charge in [-0.15, -0.1) is 0 Å². The maximum absolute atomic E-state index is 13.0. The number of anilines is 1. The fraction of sp³-hybridized carbons (Fsp3) is 0.387. The molecule has 9 heteroatoms. The molecule has 6 rings (SSSR count). The van der Waals surface area contributed by atoms with E-state index in [2.05, 4.69) is 32.8 Å². The summed E-state index contributed by atoms with van der Waals surface area (Å²) in [6.07, 6.45) is 4.84. The highest BCUT2D eigenvalue weighted by Crippen LogP contribution is 2.28. The lowest BCUT2D eigenvalue weighted by molar-refractivity contribution is 0.0490. The highest BCUT2D eigenvalue weighted by molar-refractivity contribution is 5.94. The van der Waals surface area contributed by atoms with Gasteiger partial charge in [0.25, 0.3) is 5.91 Å².